The normalized spacial score (nSPS) is 9.69. The molecule has 2 nitrogen and oxygen atoms in total. The van der Waals surface area contributed by atoms with Gasteiger partial charge in [0.2, 0.25) is 5.91 Å². The van der Waals surface area contributed by atoms with Crippen molar-refractivity contribution in [1.29, 1.82) is 0 Å². The molecule has 0 aromatic heterocycles. The molecule has 0 aliphatic heterocycles. The Hall–Kier alpha value is -1.64. The first kappa shape index (κ1) is 9.45. The van der Waals surface area contributed by atoms with Crippen LogP contribution >= 0.6 is 0 Å². The summed E-state index contributed by atoms with van der Waals surface area (Å²) in [5.74, 6) is -0.896. The van der Waals surface area contributed by atoms with Crippen LogP contribution in [0.2, 0.25) is 0 Å². The summed E-state index contributed by atoms with van der Waals surface area (Å²) in [5, 5.41) is 0. The molecule has 0 aliphatic rings. The van der Waals surface area contributed by atoms with E-state index in [1.165, 1.54) is 12.1 Å². The summed E-state index contributed by atoms with van der Waals surface area (Å²) in [6, 6.07) is 4.32. The summed E-state index contributed by atoms with van der Waals surface area (Å²) in [5.41, 5.74) is 6.25. The van der Waals surface area contributed by atoms with Gasteiger partial charge in [-0.1, -0.05) is 12.6 Å². The number of aryl methyl sites for hydroxylation is 1. The second-order valence-corrected chi connectivity index (χ2v) is 2.81. The summed E-state index contributed by atoms with van der Waals surface area (Å²) in [4.78, 5) is 10.7. The fourth-order valence-corrected chi connectivity index (χ4v) is 0.975. The third-order valence-corrected chi connectivity index (χ3v) is 1.80. The van der Waals surface area contributed by atoms with Crippen molar-refractivity contribution in [3.8, 4) is 0 Å². The molecule has 0 bridgehead atoms. The Bertz CT molecular complexity index is 371. The van der Waals surface area contributed by atoms with Crippen molar-refractivity contribution < 1.29 is 9.18 Å². The largest absolute Gasteiger partial charge is 0.366 e. The molecule has 0 atom stereocenters. The molecular formula is C10H10FNO. The highest BCUT2D eigenvalue weighted by atomic mass is 19.1. The Morgan fingerprint density at radius 2 is 2.15 bits per heavy atom. The maximum absolute atomic E-state index is 12.8. The number of nitrogens with two attached hydrogens (primary N) is 1. The van der Waals surface area contributed by atoms with Crippen molar-refractivity contribution in [1.82, 2.24) is 0 Å². The van der Waals surface area contributed by atoms with E-state index >= 15 is 0 Å². The highest BCUT2D eigenvalue weighted by Crippen LogP contribution is 2.15. The van der Waals surface area contributed by atoms with Gasteiger partial charge in [-0.3, -0.25) is 4.79 Å². The molecule has 1 rings (SSSR count). The average molecular weight is 179 g/mol. The van der Waals surface area contributed by atoms with Crippen LogP contribution in [0, 0.1) is 12.7 Å². The van der Waals surface area contributed by atoms with Crippen molar-refractivity contribution in [2.24, 2.45) is 5.73 Å². The van der Waals surface area contributed by atoms with E-state index in [4.69, 9.17) is 5.73 Å². The molecular weight excluding hydrogens is 169 g/mol. The molecule has 1 aromatic carbocycles. The lowest BCUT2D eigenvalue weighted by atomic mass is 10.0. The Balaban J connectivity index is 3.11. The Kier molecular flexibility index (Phi) is 2.46. The third-order valence-electron chi connectivity index (χ3n) is 1.80. The minimum atomic E-state index is -0.592. The number of primary amides is 1. The van der Waals surface area contributed by atoms with Gasteiger partial charge in [-0.05, 0) is 30.2 Å². The van der Waals surface area contributed by atoms with Crippen molar-refractivity contribution in [2.45, 2.75) is 6.92 Å². The number of amides is 1. The average Bonchev–Trinajstić information content (AvgIpc) is 2.08. The number of hydrogen-bond acceptors (Lipinski definition) is 1. The van der Waals surface area contributed by atoms with E-state index in [1.807, 2.05) is 0 Å². The third kappa shape index (κ3) is 1.93. The number of carbonyl (C=O) groups excluding carboxylic acids is 1. The van der Waals surface area contributed by atoms with Crippen molar-refractivity contribution in [3.05, 3.63) is 41.7 Å². The SMILES string of the molecule is C=C(C(N)=O)c1ccc(F)c(C)c1. The molecule has 0 radical (unpaired) electrons. The number of hydrogen-bond donors (Lipinski definition) is 1. The molecule has 0 aliphatic carbocycles. The standard InChI is InChI=1S/C10H10FNO/c1-6-5-8(3-4-9(6)11)7(2)10(12)13/h3-5H,2H2,1H3,(H2,12,13). The number of rotatable bonds is 2. The van der Waals surface area contributed by atoms with E-state index in [2.05, 4.69) is 6.58 Å². The second kappa shape index (κ2) is 3.39. The summed E-state index contributed by atoms with van der Waals surface area (Å²) in [7, 11) is 0. The van der Waals surface area contributed by atoms with Crippen LogP contribution in [0.15, 0.2) is 24.8 Å². The predicted octanol–water partition coefficient (Wildman–Crippen LogP) is 1.63. The van der Waals surface area contributed by atoms with E-state index in [0.29, 0.717) is 11.1 Å². The first-order valence-electron chi connectivity index (χ1n) is 3.77. The smallest absolute Gasteiger partial charge is 0.248 e. The number of benzene rings is 1. The minimum absolute atomic E-state index is 0.197. The van der Waals surface area contributed by atoms with Crippen LogP contribution in [0.4, 0.5) is 4.39 Å². The van der Waals surface area contributed by atoms with E-state index in [1.54, 1.807) is 13.0 Å². The van der Waals surface area contributed by atoms with Crippen molar-refractivity contribution in [2.75, 3.05) is 0 Å². The number of carbonyl (C=O) groups is 1. The summed E-state index contributed by atoms with van der Waals surface area (Å²) in [6.07, 6.45) is 0. The molecule has 0 heterocycles. The Morgan fingerprint density at radius 3 is 2.62 bits per heavy atom. The second-order valence-electron chi connectivity index (χ2n) is 2.81. The van der Waals surface area contributed by atoms with Gasteiger partial charge in [0.25, 0.3) is 0 Å². The van der Waals surface area contributed by atoms with Crippen molar-refractivity contribution in [3.63, 3.8) is 0 Å². The first-order valence-corrected chi connectivity index (χ1v) is 3.77. The van der Waals surface area contributed by atoms with Gasteiger partial charge < -0.3 is 5.73 Å². The van der Waals surface area contributed by atoms with Gasteiger partial charge >= 0.3 is 0 Å². The molecule has 13 heavy (non-hydrogen) atoms. The predicted molar refractivity (Wildman–Crippen MR) is 49.4 cm³/mol. The maximum Gasteiger partial charge on any atom is 0.248 e. The topological polar surface area (TPSA) is 43.1 Å². The van der Waals surface area contributed by atoms with Crippen LogP contribution in [0.1, 0.15) is 11.1 Å². The molecule has 0 saturated heterocycles. The minimum Gasteiger partial charge on any atom is -0.366 e. The first-order chi connectivity index (χ1) is 6.02. The lowest BCUT2D eigenvalue weighted by Gasteiger charge is -2.02. The summed E-state index contributed by atoms with van der Waals surface area (Å²) in [6.45, 7) is 5.12. The van der Waals surface area contributed by atoms with Gasteiger partial charge in [0.05, 0.1) is 0 Å². The molecule has 0 spiro atoms. The van der Waals surface area contributed by atoms with Crippen LogP contribution in [-0.4, -0.2) is 5.91 Å². The lowest BCUT2D eigenvalue weighted by Crippen LogP contribution is -2.12. The van der Waals surface area contributed by atoms with Gasteiger partial charge in [0.15, 0.2) is 0 Å². The van der Waals surface area contributed by atoms with Crippen LogP contribution in [0.3, 0.4) is 0 Å². The van der Waals surface area contributed by atoms with Gasteiger partial charge in [-0.2, -0.15) is 0 Å². The number of halogens is 1. The van der Waals surface area contributed by atoms with E-state index in [9.17, 15) is 9.18 Å². The fraction of sp³-hybridized carbons (Fsp3) is 0.100. The summed E-state index contributed by atoms with van der Waals surface area (Å²) >= 11 is 0. The zero-order valence-electron chi connectivity index (χ0n) is 7.30. The van der Waals surface area contributed by atoms with Crippen molar-refractivity contribution >= 4 is 11.5 Å². The Labute approximate surface area is 75.9 Å². The molecule has 3 heteroatoms. The van der Waals surface area contributed by atoms with E-state index in [0.717, 1.165) is 0 Å². The lowest BCUT2D eigenvalue weighted by molar-refractivity contribution is -0.112. The zero-order valence-corrected chi connectivity index (χ0v) is 7.30. The van der Waals surface area contributed by atoms with Crippen LogP contribution < -0.4 is 5.73 Å². The van der Waals surface area contributed by atoms with Gasteiger partial charge in [0.1, 0.15) is 5.82 Å². The fourth-order valence-electron chi connectivity index (χ4n) is 0.975. The molecule has 0 unspecified atom stereocenters. The van der Waals surface area contributed by atoms with E-state index < -0.39 is 5.91 Å². The highest BCUT2D eigenvalue weighted by Gasteiger charge is 2.06. The van der Waals surface area contributed by atoms with Crippen LogP contribution in [-0.2, 0) is 4.79 Å². The molecule has 0 fully saturated rings. The Morgan fingerprint density at radius 1 is 1.54 bits per heavy atom. The monoisotopic (exact) mass is 179 g/mol. The molecule has 0 saturated carbocycles. The van der Waals surface area contributed by atoms with E-state index in [-0.39, 0.29) is 11.4 Å². The highest BCUT2D eigenvalue weighted by molar-refractivity contribution is 6.17. The summed E-state index contributed by atoms with van der Waals surface area (Å²) < 4.78 is 12.8. The van der Waals surface area contributed by atoms with Crippen LogP contribution in [0.25, 0.3) is 5.57 Å². The van der Waals surface area contributed by atoms with Gasteiger partial charge in [0, 0.05) is 5.57 Å². The van der Waals surface area contributed by atoms with Crippen LogP contribution in [0.5, 0.6) is 0 Å². The van der Waals surface area contributed by atoms with Gasteiger partial charge in [-0.15, -0.1) is 0 Å². The maximum atomic E-state index is 12.8. The molecule has 1 amide bonds. The molecule has 2 N–H and O–H groups in total. The quantitative estimate of drug-likeness (QED) is 0.689. The molecule has 68 valence electrons. The zero-order chi connectivity index (χ0) is 10.0. The van der Waals surface area contributed by atoms with Gasteiger partial charge in [-0.25, -0.2) is 4.39 Å². The molecule has 1 aromatic rings.